The third kappa shape index (κ3) is 2.02. The van der Waals surface area contributed by atoms with Gasteiger partial charge < -0.3 is 5.11 Å². The molecule has 0 aliphatic carbocycles. The zero-order valence-corrected chi connectivity index (χ0v) is 9.53. The molecule has 0 aromatic heterocycles. The predicted molar refractivity (Wildman–Crippen MR) is 65.0 cm³/mol. The van der Waals surface area contributed by atoms with Crippen molar-refractivity contribution in [1.82, 2.24) is 0 Å². The highest BCUT2D eigenvalue weighted by Gasteiger charge is 2.13. The minimum atomic E-state index is -0.812. The Morgan fingerprint density at radius 2 is 1.81 bits per heavy atom. The van der Waals surface area contributed by atoms with Crippen LogP contribution in [0.3, 0.4) is 0 Å². The summed E-state index contributed by atoms with van der Waals surface area (Å²) in [5.41, 5.74) is 0.808. The maximum atomic E-state index is 10.9. The van der Waals surface area contributed by atoms with Crippen molar-refractivity contribution < 1.29 is 9.90 Å². The van der Waals surface area contributed by atoms with E-state index < -0.39 is 11.9 Å². The molecule has 0 radical (unpaired) electrons. The number of benzene rings is 2. The van der Waals surface area contributed by atoms with E-state index in [2.05, 4.69) is 0 Å². The fourth-order valence-corrected chi connectivity index (χ4v) is 1.83. The van der Waals surface area contributed by atoms with E-state index in [9.17, 15) is 4.79 Å². The topological polar surface area (TPSA) is 37.3 Å². The van der Waals surface area contributed by atoms with Gasteiger partial charge in [-0.2, -0.15) is 0 Å². The summed E-state index contributed by atoms with van der Waals surface area (Å²) in [6.45, 7) is 1.68. The Hall–Kier alpha value is -1.54. The molecular weight excluding hydrogens is 224 g/mol. The van der Waals surface area contributed by atoms with Crippen LogP contribution in [0.5, 0.6) is 0 Å². The van der Waals surface area contributed by atoms with Gasteiger partial charge in [-0.05, 0) is 35.4 Å². The van der Waals surface area contributed by atoms with Crippen molar-refractivity contribution in [2.75, 3.05) is 0 Å². The lowest BCUT2D eigenvalue weighted by atomic mass is 9.98. The molecule has 1 N–H and O–H groups in total. The van der Waals surface area contributed by atoms with Crippen LogP contribution in [-0.4, -0.2) is 11.1 Å². The van der Waals surface area contributed by atoms with Gasteiger partial charge >= 0.3 is 5.97 Å². The molecule has 1 atom stereocenters. The van der Waals surface area contributed by atoms with E-state index in [0.717, 1.165) is 16.3 Å². The van der Waals surface area contributed by atoms with E-state index in [-0.39, 0.29) is 0 Å². The Labute approximate surface area is 98.5 Å². The van der Waals surface area contributed by atoms with Crippen molar-refractivity contribution in [2.45, 2.75) is 12.8 Å². The van der Waals surface area contributed by atoms with Crippen molar-refractivity contribution in [3.8, 4) is 0 Å². The van der Waals surface area contributed by atoms with E-state index >= 15 is 0 Å². The molecule has 0 bridgehead atoms. The molecule has 0 aliphatic rings. The smallest absolute Gasteiger partial charge is 0.310 e. The van der Waals surface area contributed by atoms with Crippen molar-refractivity contribution in [3.63, 3.8) is 0 Å². The molecule has 0 saturated heterocycles. The first-order valence-electron chi connectivity index (χ1n) is 5.00. The molecule has 2 rings (SSSR count). The second-order valence-corrected chi connectivity index (χ2v) is 4.25. The number of carboxylic acid groups (broad SMARTS) is 1. The Balaban J connectivity index is 2.52. The molecule has 82 valence electrons. The Kier molecular flexibility index (Phi) is 2.84. The van der Waals surface area contributed by atoms with Crippen LogP contribution in [0.2, 0.25) is 5.02 Å². The zero-order chi connectivity index (χ0) is 11.7. The van der Waals surface area contributed by atoms with Gasteiger partial charge in [-0.1, -0.05) is 35.9 Å². The molecule has 16 heavy (non-hydrogen) atoms. The number of carbonyl (C=O) groups is 1. The maximum absolute atomic E-state index is 10.9. The molecule has 0 aliphatic heterocycles. The first-order valence-corrected chi connectivity index (χ1v) is 5.38. The molecule has 2 nitrogen and oxygen atoms in total. The van der Waals surface area contributed by atoms with Crippen LogP contribution in [0.15, 0.2) is 36.4 Å². The summed E-state index contributed by atoms with van der Waals surface area (Å²) in [5.74, 6) is -1.30. The van der Waals surface area contributed by atoms with Gasteiger partial charge in [0.15, 0.2) is 0 Å². The van der Waals surface area contributed by atoms with E-state index in [1.165, 1.54) is 0 Å². The SMILES string of the molecule is CC(C(=O)O)c1ccc2cc(Cl)ccc2c1. The Morgan fingerprint density at radius 1 is 1.19 bits per heavy atom. The molecular formula is C13H11ClO2. The van der Waals surface area contributed by atoms with E-state index in [1.807, 2.05) is 30.3 Å². The minimum Gasteiger partial charge on any atom is -0.481 e. The number of aliphatic carboxylic acids is 1. The van der Waals surface area contributed by atoms with Crippen LogP contribution in [-0.2, 0) is 4.79 Å². The second-order valence-electron chi connectivity index (χ2n) is 3.81. The molecule has 0 amide bonds. The summed E-state index contributed by atoms with van der Waals surface area (Å²) in [6, 6.07) is 11.2. The van der Waals surface area contributed by atoms with Gasteiger partial charge in [0.05, 0.1) is 5.92 Å². The van der Waals surface area contributed by atoms with Gasteiger partial charge in [0, 0.05) is 5.02 Å². The molecule has 0 fully saturated rings. The summed E-state index contributed by atoms with van der Waals surface area (Å²) < 4.78 is 0. The Morgan fingerprint density at radius 3 is 2.50 bits per heavy atom. The molecule has 0 heterocycles. The fraction of sp³-hybridized carbons (Fsp3) is 0.154. The second kappa shape index (κ2) is 4.14. The average Bonchev–Trinajstić information content (AvgIpc) is 2.27. The lowest BCUT2D eigenvalue weighted by Crippen LogP contribution is -2.06. The number of hydrogen-bond donors (Lipinski definition) is 1. The van der Waals surface area contributed by atoms with Crippen molar-refractivity contribution in [1.29, 1.82) is 0 Å². The third-order valence-electron chi connectivity index (χ3n) is 2.70. The Bertz CT molecular complexity index is 549. The molecule has 1 unspecified atom stereocenters. The molecule has 2 aromatic carbocycles. The van der Waals surface area contributed by atoms with Gasteiger partial charge in [-0.15, -0.1) is 0 Å². The highest BCUT2D eigenvalue weighted by atomic mass is 35.5. The van der Waals surface area contributed by atoms with Crippen LogP contribution in [0.1, 0.15) is 18.4 Å². The fourth-order valence-electron chi connectivity index (χ4n) is 1.65. The molecule has 0 spiro atoms. The summed E-state index contributed by atoms with van der Waals surface area (Å²) in [5, 5.41) is 11.6. The molecule has 3 heteroatoms. The van der Waals surface area contributed by atoms with E-state index in [0.29, 0.717) is 5.02 Å². The van der Waals surface area contributed by atoms with Crippen LogP contribution < -0.4 is 0 Å². The average molecular weight is 235 g/mol. The normalized spacial score (nSPS) is 12.6. The lowest BCUT2D eigenvalue weighted by molar-refractivity contribution is -0.138. The van der Waals surface area contributed by atoms with E-state index in [1.54, 1.807) is 13.0 Å². The zero-order valence-electron chi connectivity index (χ0n) is 8.77. The number of carboxylic acids is 1. The van der Waals surface area contributed by atoms with Gasteiger partial charge in [0.1, 0.15) is 0 Å². The van der Waals surface area contributed by atoms with Crippen LogP contribution in [0.25, 0.3) is 10.8 Å². The van der Waals surface area contributed by atoms with Crippen molar-refractivity contribution in [2.24, 2.45) is 0 Å². The quantitative estimate of drug-likeness (QED) is 0.861. The molecule has 0 saturated carbocycles. The van der Waals surface area contributed by atoms with Gasteiger partial charge in [-0.25, -0.2) is 0 Å². The first-order chi connectivity index (χ1) is 7.58. The van der Waals surface area contributed by atoms with Crippen LogP contribution in [0, 0.1) is 0 Å². The maximum Gasteiger partial charge on any atom is 0.310 e. The van der Waals surface area contributed by atoms with Crippen LogP contribution >= 0.6 is 11.6 Å². The highest BCUT2D eigenvalue weighted by Crippen LogP contribution is 2.24. The largest absolute Gasteiger partial charge is 0.481 e. The first kappa shape index (κ1) is 11.0. The van der Waals surface area contributed by atoms with Gasteiger partial charge in [0.25, 0.3) is 0 Å². The van der Waals surface area contributed by atoms with E-state index in [4.69, 9.17) is 16.7 Å². The van der Waals surface area contributed by atoms with Crippen LogP contribution in [0.4, 0.5) is 0 Å². The summed E-state index contributed by atoms with van der Waals surface area (Å²) in [4.78, 5) is 10.9. The van der Waals surface area contributed by atoms with Gasteiger partial charge in [0.2, 0.25) is 0 Å². The summed E-state index contributed by atoms with van der Waals surface area (Å²) in [7, 11) is 0. The monoisotopic (exact) mass is 234 g/mol. The van der Waals surface area contributed by atoms with Gasteiger partial charge in [-0.3, -0.25) is 4.79 Å². The number of hydrogen-bond acceptors (Lipinski definition) is 1. The predicted octanol–water partition coefficient (Wildman–Crippen LogP) is 3.68. The molecule has 2 aromatic rings. The van der Waals surface area contributed by atoms with Crippen molar-refractivity contribution >= 4 is 28.3 Å². The number of fused-ring (bicyclic) bond motifs is 1. The number of halogens is 1. The number of rotatable bonds is 2. The lowest BCUT2D eigenvalue weighted by Gasteiger charge is -2.08. The highest BCUT2D eigenvalue weighted by molar-refractivity contribution is 6.31. The van der Waals surface area contributed by atoms with Crippen molar-refractivity contribution in [3.05, 3.63) is 47.0 Å². The summed E-state index contributed by atoms with van der Waals surface area (Å²) in [6.07, 6.45) is 0. The summed E-state index contributed by atoms with van der Waals surface area (Å²) >= 11 is 5.88. The standard InChI is InChI=1S/C13H11ClO2/c1-8(13(15)16)9-2-3-11-7-12(14)5-4-10(11)6-9/h2-8H,1H3,(H,15,16). The third-order valence-corrected chi connectivity index (χ3v) is 2.93. The minimum absolute atomic E-state index is 0.486.